The fraction of sp³-hybridized carbons (Fsp3) is 0.562. The van der Waals surface area contributed by atoms with E-state index in [1.54, 1.807) is 0 Å². The van der Waals surface area contributed by atoms with Crippen molar-refractivity contribution in [3.63, 3.8) is 0 Å². The van der Waals surface area contributed by atoms with Crippen LogP contribution in [0.5, 0.6) is 0 Å². The Balaban J connectivity index is 1.89. The summed E-state index contributed by atoms with van der Waals surface area (Å²) < 4.78 is 0. The molecule has 4 heteroatoms. The molecule has 1 unspecified atom stereocenters. The van der Waals surface area contributed by atoms with Crippen molar-refractivity contribution >= 4 is 11.5 Å². The number of amidine groups is 1. The summed E-state index contributed by atoms with van der Waals surface area (Å²) in [5.41, 5.74) is 8.97. The van der Waals surface area contributed by atoms with E-state index in [2.05, 4.69) is 28.9 Å². The number of aryl methyl sites for hydroxylation is 1. The lowest BCUT2D eigenvalue weighted by molar-refractivity contribution is 0.273. The smallest absolute Gasteiger partial charge is 0.124 e. The molecule has 1 aromatic carbocycles. The maximum absolute atomic E-state index is 7.83. The Morgan fingerprint density at radius 1 is 1.25 bits per heavy atom. The molecule has 3 N–H and O–H groups in total. The van der Waals surface area contributed by atoms with Crippen molar-refractivity contribution in [3.8, 4) is 0 Å². The lowest BCUT2D eigenvalue weighted by Crippen LogP contribution is -2.37. The average Bonchev–Trinajstić information content (AvgIpc) is 2.76. The van der Waals surface area contributed by atoms with E-state index in [1.165, 1.54) is 32.4 Å². The minimum atomic E-state index is 0.177. The molecule has 0 spiro atoms. The number of hydrogen-bond donors (Lipinski definition) is 2. The molecule has 3 rings (SSSR count). The minimum Gasteiger partial charge on any atom is -0.384 e. The van der Waals surface area contributed by atoms with Crippen LogP contribution in [0.4, 0.5) is 5.69 Å². The number of fused-ring (bicyclic) bond motifs is 1. The van der Waals surface area contributed by atoms with Crippen LogP contribution in [0.25, 0.3) is 0 Å². The van der Waals surface area contributed by atoms with Gasteiger partial charge in [-0.25, -0.2) is 0 Å². The monoisotopic (exact) mass is 272 g/mol. The second-order valence-electron chi connectivity index (χ2n) is 6.07. The third kappa shape index (κ3) is 2.52. The molecule has 2 heterocycles. The number of nitrogen functional groups attached to an aromatic ring is 1. The van der Waals surface area contributed by atoms with E-state index in [0.29, 0.717) is 6.04 Å². The SMILES string of the molecule is Cc1ccc(N2CCCN3CCCC3C2)c(C(=N)N)c1. The van der Waals surface area contributed by atoms with Crippen LogP contribution in [0, 0.1) is 12.3 Å². The van der Waals surface area contributed by atoms with E-state index in [9.17, 15) is 0 Å². The number of nitrogens with one attached hydrogen (secondary N) is 1. The zero-order valence-electron chi connectivity index (χ0n) is 12.2. The van der Waals surface area contributed by atoms with Gasteiger partial charge in [0.2, 0.25) is 0 Å². The summed E-state index contributed by atoms with van der Waals surface area (Å²) in [5, 5.41) is 7.83. The number of hydrogen-bond acceptors (Lipinski definition) is 3. The van der Waals surface area contributed by atoms with Crippen molar-refractivity contribution in [3.05, 3.63) is 29.3 Å². The van der Waals surface area contributed by atoms with Gasteiger partial charge in [0.25, 0.3) is 0 Å². The largest absolute Gasteiger partial charge is 0.384 e. The molecule has 0 saturated carbocycles. The lowest BCUT2D eigenvalue weighted by Gasteiger charge is -2.29. The van der Waals surface area contributed by atoms with Gasteiger partial charge < -0.3 is 10.6 Å². The van der Waals surface area contributed by atoms with Crippen molar-refractivity contribution in [1.82, 2.24) is 4.90 Å². The number of nitrogens with zero attached hydrogens (tertiary/aromatic N) is 2. The van der Waals surface area contributed by atoms with Crippen LogP contribution in [0.3, 0.4) is 0 Å². The summed E-state index contributed by atoms with van der Waals surface area (Å²) >= 11 is 0. The fourth-order valence-electron chi connectivity index (χ4n) is 3.57. The zero-order chi connectivity index (χ0) is 14.1. The summed E-state index contributed by atoms with van der Waals surface area (Å²) in [4.78, 5) is 5.06. The Labute approximate surface area is 121 Å². The van der Waals surface area contributed by atoms with E-state index < -0.39 is 0 Å². The third-order valence-corrected chi connectivity index (χ3v) is 4.59. The van der Waals surface area contributed by atoms with E-state index >= 15 is 0 Å². The van der Waals surface area contributed by atoms with Gasteiger partial charge in [0, 0.05) is 36.9 Å². The first-order valence-electron chi connectivity index (χ1n) is 7.59. The molecule has 0 aromatic heterocycles. The van der Waals surface area contributed by atoms with Crippen LogP contribution < -0.4 is 10.6 Å². The zero-order valence-corrected chi connectivity index (χ0v) is 12.2. The lowest BCUT2D eigenvalue weighted by atomic mass is 10.1. The summed E-state index contributed by atoms with van der Waals surface area (Å²) in [6.07, 6.45) is 3.82. The second-order valence-corrected chi connectivity index (χ2v) is 6.07. The predicted molar refractivity (Wildman–Crippen MR) is 83.6 cm³/mol. The highest BCUT2D eigenvalue weighted by atomic mass is 15.3. The van der Waals surface area contributed by atoms with Gasteiger partial charge in [-0.1, -0.05) is 11.6 Å². The van der Waals surface area contributed by atoms with Crippen LogP contribution >= 0.6 is 0 Å². The van der Waals surface area contributed by atoms with Gasteiger partial charge in [0.1, 0.15) is 5.84 Å². The Morgan fingerprint density at radius 3 is 2.85 bits per heavy atom. The number of anilines is 1. The second kappa shape index (κ2) is 5.44. The highest BCUT2D eigenvalue weighted by molar-refractivity contribution is 6.00. The van der Waals surface area contributed by atoms with Crippen LogP contribution in [0.1, 0.15) is 30.4 Å². The molecule has 4 nitrogen and oxygen atoms in total. The Hall–Kier alpha value is -1.55. The summed E-state index contributed by atoms with van der Waals surface area (Å²) in [5.74, 6) is 0.177. The minimum absolute atomic E-state index is 0.177. The van der Waals surface area contributed by atoms with Crippen molar-refractivity contribution in [2.24, 2.45) is 5.73 Å². The molecule has 2 aliphatic rings. The van der Waals surface area contributed by atoms with Crippen LogP contribution in [-0.4, -0.2) is 43.0 Å². The molecule has 2 fully saturated rings. The topological polar surface area (TPSA) is 56.4 Å². The van der Waals surface area contributed by atoms with Gasteiger partial charge in [-0.15, -0.1) is 0 Å². The maximum atomic E-state index is 7.83. The third-order valence-electron chi connectivity index (χ3n) is 4.59. The summed E-state index contributed by atoms with van der Waals surface area (Å²) in [7, 11) is 0. The van der Waals surface area contributed by atoms with Crippen molar-refractivity contribution < 1.29 is 0 Å². The maximum Gasteiger partial charge on any atom is 0.124 e. The molecule has 0 radical (unpaired) electrons. The molecule has 1 atom stereocenters. The molecule has 2 aliphatic heterocycles. The first-order chi connectivity index (χ1) is 9.65. The van der Waals surface area contributed by atoms with Crippen LogP contribution in [-0.2, 0) is 0 Å². The number of benzene rings is 1. The van der Waals surface area contributed by atoms with E-state index in [0.717, 1.165) is 29.9 Å². The van der Waals surface area contributed by atoms with Gasteiger partial charge in [0.15, 0.2) is 0 Å². The molecule has 20 heavy (non-hydrogen) atoms. The molecular formula is C16H24N4. The van der Waals surface area contributed by atoms with Gasteiger partial charge in [-0.3, -0.25) is 10.3 Å². The highest BCUT2D eigenvalue weighted by Gasteiger charge is 2.29. The Bertz CT molecular complexity index is 511. The molecule has 108 valence electrons. The van der Waals surface area contributed by atoms with Gasteiger partial charge in [-0.2, -0.15) is 0 Å². The number of nitrogens with two attached hydrogens (primary N) is 1. The predicted octanol–water partition coefficient (Wildman–Crippen LogP) is 1.95. The van der Waals surface area contributed by atoms with Gasteiger partial charge in [-0.05, 0) is 44.9 Å². The van der Waals surface area contributed by atoms with Gasteiger partial charge in [0.05, 0.1) is 0 Å². The van der Waals surface area contributed by atoms with E-state index in [4.69, 9.17) is 11.1 Å². The first-order valence-corrected chi connectivity index (χ1v) is 7.59. The normalized spacial score (nSPS) is 23.4. The molecule has 0 bridgehead atoms. The molecule has 1 aromatic rings. The molecule has 0 amide bonds. The highest BCUT2D eigenvalue weighted by Crippen LogP contribution is 2.27. The van der Waals surface area contributed by atoms with Crippen molar-refractivity contribution in [2.45, 2.75) is 32.2 Å². The number of rotatable bonds is 2. The summed E-state index contributed by atoms with van der Waals surface area (Å²) in [6.45, 7) is 6.66. The van der Waals surface area contributed by atoms with Crippen LogP contribution in [0.15, 0.2) is 18.2 Å². The molecule has 2 saturated heterocycles. The van der Waals surface area contributed by atoms with Crippen molar-refractivity contribution in [1.29, 1.82) is 5.41 Å². The standard InChI is InChI=1S/C16H24N4/c1-12-5-6-15(14(10-12)16(17)18)20-9-3-8-19-7-2-4-13(19)11-20/h5-6,10,13H,2-4,7-9,11H2,1H3,(H3,17,18). The molecular weight excluding hydrogens is 248 g/mol. The van der Waals surface area contributed by atoms with Crippen molar-refractivity contribution in [2.75, 3.05) is 31.1 Å². The van der Waals surface area contributed by atoms with Gasteiger partial charge >= 0.3 is 0 Å². The summed E-state index contributed by atoms with van der Waals surface area (Å²) in [6, 6.07) is 6.98. The first kappa shape index (κ1) is 13.4. The Morgan fingerprint density at radius 2 is 2.05 bits per heavy atom. The quantitative estimate of drug-likeness (QED) is 0.639. The van der Waals surface area contributed by atoms with E-state index in [-0.39, 0.29) is 5.84 Å². The Kier molecular flexibility index (Phi) is 3.66. The van der Waals surface area contributed by atoms with E-state index in [1.807, 2.05) is 6.07 Å². The molecule has 0 aliphatic carbocycles. The van der Waals surface area contributed by atoms with Crippen LogP contribution in [0.2, 0.25) is 0 Å². The fourth-order valence-corrected chi connectivity index (χ4v) is 3.57. The average molecular weight is 272 g/mol.